The van der Waals surface area contributed by atoms with Crippen molar-refractivity contribution in [1.29, 1.82) is 0 Å². The number of aryl methyl sites for hydroxylation is 1. The maximum Gasteiger partial charge on any atom is 0.339 e. The summed E-state index contributed by atoms with van der Waals surface area (Å²) in [5.41, 5.74) is 8.08. The molecule has 0 unspecified atom stereocenters. The molecule has 0 aliphatic heterocycles. The van der Waals surface area contributed by atoms with E-state index in [1.54, 1.807) is 6.07 Å². The van der Waals surface area contributed by atoms with Gasteiger partial charge in [0, 0.05) is 18.0 Å². The first-order valence-corrected chi connectivity index (χ1v) is 8.91. The number of carbonyl (C=O) groups is 1. The number of rotatable bonds is 5. The number of benzene rings is 2. The molecule has 0 aliphatic rings. The summed E-state index contributed by atoms with van der Waals surface area (Å²) >= 11 is 0. The molecule has 4 rings (SSSR count). The zero-order valence-electron chi connectivity index (χ0n) is 15.6. The number of phenols is 1. The van der Waals surface area contributed by atoms with Crippen LogP contribution in [0.2, 0.25) is 0 Å². The van der Waals surface area contributed by atoms with Crippen molar-refractivity contribution in [3.05, 3.63) is 83.7 Å². The molecule has 3 N–H and O–H groups in total. The van der Waals surface area contributed by atoms with Crippen LogP contribution in [0.3, 0.4) is 0 Å². The van der Waals surface area contributed by atoms with Gasteiger partial charge in [-0.25, -0.2) is 9.78 Å². The van der Waals surface area contributed by atoms with Crippen molar-refractivity contribution in [2.24, 2.45) is 5.10 Å². The van der Waals surface area contributed by atoms with E-state index in [9.17, 15) is 9.90 Å². The van der Waals surface area contributed by atoms with Crippen LogP contribution in [0.5, 0.6) is 5.75 Å². The Morgan fingerprint density at radius 2 is 1.90 bits per heavy atom. The lowest BCUT2D eigenvalue weighted by molar-refractivity contribution is 0.0693. The second-order valence-corrected chi connectivity index (χ2v) is 6.63. The average Bonchev–Trinajstić information content (AvgIpc) is 3.11. The molecule has 0 amide bonds. The fraction of sp³-hybridized carbons (Fsp3) is 0.0455. The standard InChI is InChI=1S/C22H18N4O3/c1-14-2-9-21-24-19(13-26(21)12-14)16-4-6-17(7-5-16)25-23-11-15-3-8-18(22(28)29)20(27)10-15/h2-13,25,27H,1H3,(H,28,29)/b23-11+. The summed E-state index contributed by atoms with van der Waals surface area (Å²) in [4.78, 5) is 15.5. The molecule has 0 atom stereocenters. The van der Waals surface area contributed by atoms with Gasteiger partial charge in [0.2, 0.25) is 0 Å². The average molecular weight is 386 g/mol. The molecule has 2 heterocycles. The molecule has 0 fully saturated rings. The lowest BCUT2D eigenvalue weighted by atomic mass is 10.1. The molecule has 0 radical (unpaired) electrons. The van der Waals surface area contributed by atoms with Gasteiger partial charge in [-0.2, -0.15) is 5.10 Å². The van der Waals surface area contributed by atoms with Crippen LogP contribution in [-0.2, 0) is 0 Å². The van der Waals surface area contributed by atoms with Crippen LogP contribution < -0.4 is 5.43 Å². The Hall–Kier alpha value is -4.13. The molecule has 2 aromatic carbocycles. The molecule has 144 valence electrons. The van der Waals surface area contributed by atoms with Gasteiger partial charge in [0.05, 0.1) is 17.6 Å². The Morgan fingerprint density at radius 3 is 2.62 bits per heavy atom. The van der Waals surface area contributed by atoms with Gasteiger partial charge in [-0.1, -0.05) is 24.3 Å². The number of pyridine rings is 1. The first-order valence-electron chi connectivity index (χ1n) is 8.91. The minimum Gasteiger partial charge on any atom is -0.507 e. The van der Waals surface area contributed by atoms with Gasteiger partial charge in [0.15, 0.2) is 0 Å². The van der Waals surface area contributed by atoms with Crippen LogP contribution in [0, 0.1) is 6.92 Å². The maximum absolute atomic E-state index is 10.9. The third kappa shape index (κ3) is 3.93. The molecule has 0 bridgehead atoms. The number of anilines is 1. The van der Waals surface area contributed by atoms with E-state index in [4.69, 9.17) is 5.11 Å². The van der Waals surface area contributed by atoms with Crippen molar-refractivity contribution >= 4 is 23.5 Å². The van der Waals surface area contributed by atoms with Crippen molar-refractivity contribution < 1.29 is 15.0 Å². The van der Waals surface area contributed by atoms with Crippen LogP contribution in [0.1, 0.15) is 21.5 Å². The highest BCUT2D eigenvalue weighted by atomic mass is 16.4. The van der Waals surface area contributed by atoms with Crippen molar-refractivity contribution in [2.45, 2.75) is 6.92 Å². The van der Waals surface area contributed by atoms with E-state index in [0.717, 1.165) is 22.6 Å². The monoisotopic (exact) mass is 386 g/mol. The molecule has 4 aromatic rings. The number of carboxylic acids is 1. The molecule has 0 saturated carbocycles. The summed E-state index contributed by atoms with van der Waals surface area (Å²) in [6.07, 6.45) is 5.54. The number of fused-ring (bicyclic) bond motifs is 1. The zero-order chi connectivity index (χ0) is 20.4. The van der Waals surface area contributed by atoms with Gasteiger partial charge in [-0.05, 0) is 48.4 Å². The third-order valence-corrected chi connectivity index (χ3v) is 4.44. The van der Waals surface area contributed by atoms with E-state index in [1.165, 1.54) is 23.9 Å². The Bertz CT molecular complexity index is 1230. The molecule has 0 aliphatic carbocycles. The summed E-state index contributed by atoms with van der Waals surface area (Å²) in [5, 5.41) is 22.8. The number of hydrogen-bond donors (Lipinski definition) is 3. The second kappa shape index (κ2) is 7.47. The molecule has 0 spiro atoms. The zero-order valence-corrected chi connectivity index (χ0v) is 15.6. The topological polar surface area (TPSA) is 99.2 Å². The van der Waals surface area contributed by atoms with E-state index in [-0.39, 0.29) is 11.3 Å². The predicted molar refractivity (Wildman–Crippen MR) is 112 cm³/mol. The number of carboxylic acid groups (broad SMARTS) is 1. The fourth-order valence-electron chi connectivity index (χ4n) is 2.95. The van der Waals surface area contributed by atoms with Crippen molar-refractivity contribution in [2.75, 3.05) is 5.43 Å². The number of imidazole rings is 1. The number of aromatic hydroxyl groups is 1. The van der Waals surface area contributed by atoms with E-state index in [0.29, 0.717) is 5.56 Å². The summed E-state index contributed by atoms with van der Waals surface area (Å²) in [5.74, 6) is -1.47. The number of nitrogens with one attached hydrogen (secondary N) is 1. The molecule has 7 nitrogen and oxygen atoms in total. The largest absolute Gasteiger partial charge is 0.507 e. The smallest absolute Gasteiger partial charge is 0.339 e. The van der Waals surface area contributed by atoms with E-state index < -0.39 is 5.97 Å². The van der Waals surface area contributed by atoms with E-state index in [1.807, 2.05) is 60.1 Å². The second-order valence-electron chi connectivity index (χ2n) is 6.63. The van der Waals surface area contributed by atoms with Crippen LogP contribution in [0.15, 0.2) is 72.1 Å². The summed E-state index contributed by atoms with van der Waals surface area (Å²) in [6.45, 7) is 2.04. The molecular weight excluding hydrogens is 368 g/mol. The van der Waals surface area contributed by atoms with E-state index >= 15 is 0 Å². The number of hydrazone groups is 1. The Morgan fingerprint density at radius 1 is 1.10 bits per heavy atom. The van der Waals surface area contributed by atoms with Gasteiger partial charge in [0.25, 0.3) is 0 Å². The lowest BCUT2D eigenvalue weighted by Gasteiger charge is -2.03. The number of aromatic carboxylic acids is 1. The minimum atomic E-state index is -1.18. The number of aromatic nitrogens is 2. The van der Waals surface area contributed by atoms with Gasteiger partial charge >= 0.3 is 5.97 Å². The SMILES string of the molecule is Cc1ccc2nc(-c3ccc(N/N=C/c4ccc(C(=O)O)c(O)c4)cc3)cn2c1. The quantitative estimate of drug-likeness (QED) is 0.353. The van der Waals surface area contributed by atoms with Gasteiger partial charge < -0.3 is 14.6 Å². The van der Waals surface area contributed by atoms with Crippen molar-refractivity contribution in [3.8, 4) is 17.0 Å². The van der Waals surface area contributed by atoms with Crippen molar-refractivity contribution in [1.82, 2.24) is 9.38 Å². The van der Waals surface area contributed by atoms with Crippen LogP contribution in [0.4, 0.5) is 5.69 Å². The minimum absolute atomic E-state index is 0.146. The van der Waals surface area contributed by atoms with Gasteiger partial charge in [-0.3, -0.25) is 5.43 Å². The Balaban J connectivity index is 1.46. The van der Waals surface area contributed by atoms with Crippen LogP contribution >= 0.6 is 0 Å². The molecule has 7 heteroatoms. The molecule has 29 heavy (non-hydrogen) atoms. The highest BCUT2D eigenvalue weighted by Gasteiger charge is 2.09. The lowest BCUT2D eigenvalue weighted by Crippen LogP contribution is -1.97. The Kier molecular flexibility index (Phi) is 4.70. The first kappa shape index (κ1) is 18.2. The molecule has 0 saturated heterocycles. The summed E-state index contributed by atoms with van der Waals surface area (Å²) in [6, 6.07) is 16.0. The maximum atomic E-state index is 10.9. The van der Waals surface area contributed by atoms with Crippen molar-refractivity contribution in [3.63, 3.8) is 0 Å². The Labute approximate surface area is 166 Å². The molecule has 2 aromatic heterocycles. The number of hydrogen-bond acceptors (Lipinski definition) is 5. The summed E-state index contributed by atoms with van der Waals surface area (Å²) < 4.78 is 2.01. The summed E-state index contributed by atoms with van der Waals surface area (Å²) in [7, 11) is 0. The molecular formula is C22H18N4O3. The van der Waals surface area contributed by atoms with Gasteiger partial charge in [-0.15, -0.1) is 0 Å². The fourth-order valence-corrected chi connectivity index (χ4v) is 2.95. The van der Waals surface area contributed by atoms with Crippen LogP contribution in [0.25, 0.3) is 16.9 Å². The normalized spacial score (nSPS) is 11.2. The highest BCUT2D eigenvalue weighted by Crippen LogP contribution is 2.22. The predicted octanol–water partition coefficient (Wildman–Crippen LogP) is 4.16. The van der Waals surface area contributed by atoms with E-state index in [2.05, 4.69) is 15.5 Å². The van der Waals surface area contributed by atoms with Gasteiger partial charge in [0.1, 0.15) is 17.0 Å². The highest BCUT2D eigenvalue weighted by molar-refractivity contribution is 5.92. The number of nitrogens with zero attached hydrogens (tertiary/aromatic N) is 3. The first-order chi connectivity index (χ1) is 14.0. The van der Waals surface area contributed by atoms with Crippen LogP contribution in [-0.4, -0.2) is 31.8 Å². The third-order valence-electron chi connectivity index (χ3n) is 4.44.